The molecule has 2 aromatic rings. The van der Waals surface area contributed by atoms with Crippen LogP contribution in [0.3, 0.4) is 0 Å². The predicted octanol–water partition coefficient (Wildman–Crippen LogP) is 1.90. The van der Waals surface area contributed by atoms with Crippen molar-refractivity contribution in [1.82, 2.24) is 14.7 Å². The molecule has 5 heteroatoms. The van der Waals surface area contributed by atoms with Crippen molar-refractivity contribution in [2.24, 2.45) is 7.05 Å². The summed E-state index contributed by atoms with van der Waals surface area (Å²) in [6.07, 6.45) is 1.88. The van der Waals surface area contributed by atoms with Crippen LogP contribution in [0.1, 0.15) is 19.5 Å². The van der Waals surface area contributed by atoms with Gasteiger partial charge in [-0.05, 0) is 19.9 Å². The molecule has 22 heavy (non-hydrogen) atoms. The van der Waals surface area contributed by atoms with Gasteiger partial charge in [0.15, 0.2) is 0 Å². The minimum atomic E-state index is -0.154. The molecular weight excluding hydrogens is 278 g/mol. The number of benzene rings is 1. The molecule has 1 amide bonds. The number of hydrogen-bond donors (Lipinski definition) is 0. The van der Waals surface area contributed by atoms with Gasteiger partial charge < -0.3 is 4.90 Å². The third-order valence-corrected chi connectivity index (χ3v) is 3.62. The summed E-state index contributed by atoms with van der Waals surface area (Å²) in [6.45, 7) is 8.13. The molecule has 0 unspecified atom stereocenters. The zero-order valence-electron chi connectivity index (χ0n) is 13.2. The fourth-order valence-electron chi connectivity index (χ4n) is 2.49. The molecule has 0 atom stereocenters. The maximum absolute atomic E-state index is 12.5. The van der Waals surface area contributed by atoms with Crippen LogP contribution in [0.25, 0.3) is 10.8 Å². The van der Waals surface area contributed by atoms with E-state index in [1.807, 2.05) is 32.0 Å². The van der Waals surface area contributed by atoms with Crippen LogP contribution in [0.15, 0.2) is 41.7 Å². The first-order valence-corrected chi connectivity index (χ1v) is 7.31. The molecule has 0 spiro atoms. The van der Waals surface area contributed by atoms with Gasteiger partial charge in [0.05, 0.1) is 17.5 Å². The Morgan fingerprint density at radius 1 is 1.36 bits per heavy atom. The SMILES string of the molecule is C=CCN(C(=O)Cc1nn(C)c(=O)c2ccccc12)C(C)C. The molecule has 0 bridgehead atoms. The molecule has 5 nitrogen and oxygen atoms in total. The summed E-state index contributed by atoms with van der Waals surface area (Å²) in [7, 11) is 1.60. The van der Waals surface area contributed by atoms with Crippen molar-refractivity contribution in [2.45, 2.75) is 26.3 Å². The van der Waals surface area contributed by atoms with Gasteiger partial charge in [-0.1, -0.05) is 24.3 Å². The van der Waals surface area contributed by atoms with E-state index in [9.17, 15) is 9.59 Å². The number of carbonyl (C=O) groups excluding carboxylic acids is 1. The number of fused-ring (bicyclic) bond motifs is 1. The number of hydrogen-bond acceptors (Lipinski definition) is 3. The summed E-state index contributed by atoms with van der Waals surface area (Å²) >= 11 is 0. The van der Waals surface area contributed by atoms with E-state index >= 15 is 0 Å². The highest BCUT2D eigenvalue weighted by Crippen LogP contribution is 2.15. The normalized spacial score (nSPS) is 10.9. The van der Waals surface area contributed by atoms with Crippen LogP contribution < -0.4 is 5.56 Å². The smallest absolute Gasteiger partial charge is 0.274 e. The van der Waals surface area contributed by atoms with Crippen molar-refractivity contribution in [2.75, 3.05) is 6.54 Å². The van der Waals surface area contributed by atoms with Gasteiger partial charge in [0, 0.05) is 25.0 Å². The summed E-state index contributed by atoms with van der Waals surface area (Å²) in [5.74, 6) is -0.0220. The Bertz CT molecular complexity index is 762. The van der Waals surface area contributed by atoms with Gasteiger partial charge in [-0.25, -0.2) is 4.68 Å². The quantitative estimate of drug-likeness (QED) is 0.792. The van der Waals surface area contributed by atoms with E-state index < -0.39 is 0 Å². The molecule has 0 aliphatic heterocycles. The maximum atomic E-state index is 12.5. The van der Waals surface area contributed by atoms with E-state index in [0.717, 1.165) is 5.39 Å². The van der Waals surface area contributed by atoms with Gasteiger partial charge >= 0.3 is 0 Å². The maximum Gasteiger partial charge on any atom is 0.274 e. The number of rotatable bonds is 5. The van der Waals surface area contributed by atoms with Gasteiger partial charge in [-0.3, -0.25) is 9.59 Å². The Morgan fingerprint density at radius 3 is 2.59 bits per heavy atom. The Hall–Kier alpha value is -2.43. The summed E-state index contributed by atoms with van der Waals surface area (Å²) in [5.41, 5.74) is 0.469. The van der Waals surface area contributed by atoms with Gasteiger partial charge in [-0.2, -0.15) is 5.10 Å². The van der Waals surface area contributed by atoms with Crippen LogP contribution >= 0.6 is 0 Å². The lowest BCUT2D eigenvalue weighted by Crippen LogP contribution is -2.38. The van der Waals surface area contributed by atoms with Crippen molar-refractivity contribution in [3.63, 3.8) is 0 Å². The highest BCUT2D eigenvalue weighted by molar-refractivity contribution is 5.88. The lowest BCUT2D eigenvalue weighted by Gasteiger charge is -2.25. The Balaban J connectivity index is 2.43. The highest BCUT2D eigenvalue weighted by Gasteiger charge is 2.18. The monoisotopic (exact) mass is 299 g/mol. The summed E-state index contributed by atoms with van der Waals surface area (Å²) in [5, 5.41) is 5.60. The average Bonchev–Trinajstić information content (AvgIpc) is 2.49. The molecule has 0 fully saturated rings. The van der Waals surface area contributed by atoms with E-state index in [2.05, 4.69) is 11.7 Å². The molecule has 1 aromatic carbocycles. The molecule has 1 aromatic heterocycles. The molecule has 2 rings (SSSR count). The molecule has 0 radical (unpaired) electrons. The molecule has 1 heterocycles. The standard InChI is InChI=1S/C17H21N3O2/c1-5-10-20(12(2)3)16(21)11-15-13-8-6-7-9-14(13)17(22)19(4)18-15/h5-9,12H,1,10-11H2,2-4H3. The van der Waals surface area contributed by atoms with Crippen molar-refractivity contribution >= 4 is 16.7 Å². The molecule has 0 saturated carbocycles. The zero-order chi connectivity index (χ0) is 16.3. The molecular formula is C17H21N3O2. The largest absolute Gasteiger partial charge is 0.336 e. The van der Waals surface area contributed by atoms with Crippen LogP contribution in [0, 0.1) is 0 Å². The average molecular weight is 299 g/mol. The van der Waals surface area contributed by atoms with Gasteiger partial charge in [0.25, 0.3) is 5.56 Å². The van der Waals surface area contributed by atoms with Gasteiger partial charge in [0.2, 0.25) is 5.91 Å². The number of carbonyl (C=O) groups is 1. The Morgan fingerprint density at radius 2 is 2.00 bits per heavy atom. The first kappa shape index (κ1) is 15.9. The van der Waals surface area contributed by atoms with Crippen molar-refractivity contribution in [3.8, 4) is 0 Å². The molecule has 0 saturated heterocycles. The second kappa shape index (κ2) is 6.56. The van der Waals surface area contributed by atoms with E-state index in [1.165, 1.54) is 4.68 Å². The van der Waals surface area contributed by atoms with Gasteiger partial charge in [0.1, 0.15) is 0 Å². The van der Waals surface area contributed by atoms with Crippen LogP contribution in [0.5, 0.6) is 0 Å². The fraction of sp³-hybridized carbons (Fsp3) is 0.353. The second-order valence-electron chi connectivity index (χ2n) is 5.53. The molecule has 0 aliphatic carbocycles. The molecule has 116 valence electrons. The Labute approximate surface area is 129 Å². The first-order valence-electron chi connectivity index (χ1n) is 7.31. The fourth-order valence-corrected chi connectivity index (χ4v) is 2.49. The van der Waals surface area contributed by atoms with E-state index in [0.29, 0.717) is 17.6 Å². The first-order chi connectivity index (χ1) is 10.5. The van der Waals surface area contributed by atoms with Crippen molar-refractivity contribution < 1.29 is 4.79 Å². The number of aromatic nitrogens is 2. The van der Waals surface area contributed by atoms with E-state index in [4.69, 9.17) is 0 Å². The minimum Gasteiger partial charge on any atom is -0.336 e. The third kappa shape index (κ3) is 3.08. The Kier molecular flexibility index (Phi) is 4.75. The van der Waals surface area contributed by atoms with Crippen molar-refractivity contribution in [3.05, 3.63) is 53.0 Å². The predicted molar refractivity (Wildman–Crippen MR) is 87.7 cm³/mol. The number of nitrogens with zero attached hydrogens (tertiary/aromatic N) is 3. The van der Waals surface area contributed by atoms with Crippen LogP contribution in [0.2, 0.25) is 0 Å². The summed E-state index contributed by atoms with van der Waals surface area (Å²) < 4.78 is 1.29. The minimum absolute atomic E-state index is 0.0220. The van der Waals surface area contributed by atoms with Crippen LogP contribution in [-0.2, 0) is 18.3 Å². The second-order valence-corrected chi connectivity index (χ2v) is 5.53. The molecule has 0 N–H and O–H groups in total. The molecule has 0 aliphatic rings. The van der Waals surface area contributed by atoms with Crippen molar-refractivity contribution in [1.29, 1.82) is 0 Å². The third-order valence-electron chi connectivity index (χ3n) is 3.62. The van der Waals surface area contributed by atoms with Gasteiger partial charge in [-0.15, -0.1) is 6.58 Å². The topological polar surface area (TPSA) is 55.2 Å². The van der Waals surface area contributed by atoms with Crippen LogP contribution in [-0.4, -0.2) is 33.2 Å². The number of aryl methyl sites for hydroxylation is 1. The summed E-state index contributed by atoms with van der Waals surface area (Å²) in [4.78, 5) is 26.4. The lowest BCUT2D eigenvalue weighted by atomic mass is 10.1. The van der Waals surface area contributed by atoms with E-state index in [1.54, 1.807) is 24.1 Å². The highest BCUT2D eigenvalue weighted by atomic mass is 16.2. The summed E-state index contributed by atoms with van der Waals surface area (Å²) in [6, 6.07) is 7.34. The van der Waals surface area contributed by atoms with E-state index in [-0.39, 0.29) is 23.9 Å². The lowest BCUT2D eigenvalue weighted by molar-refractivity contribution is -0.131. The number of amides is 1. The zero-order valence-corrected chi connectivity index (χ0v) is 13.2. The van der Waals surface area contributed by atoms with Crippen LogP contribution in [0.4, 0.5) is 0 Å².